The Kier molecular flexibility index (Phi) is 6.86. The van der Waals surface area contributed by atoms with Gasteiger partial charge < -0.3 is 24.8 Å². The van der Waals surface area contributed by atoms with Gasteiger partial charge in [0.15, 0.2) is 0 Å². The molecule has 10 heteroatoms. The summed E-state index contributed by atoms with van der Waals surface area (Å²) in [4.78, 5) is 27.6. The summed E-state index contributed by atoms with van der Waals surface area (Å²) in [6.45, 7) is 8.77. The van der Waals surface area contributed by atoms with E-state index in [1.807, 2.05) is 29.7 Å². The molecule has 190 valence electrons. The van der Waals surface area contributed by atoms with Crippen molar-refractivity contribution in [2.45, 2.75) is 20.3 Å². The minimum Gasteiger partial charge on any atom is -0.378 e. The molecule has 4 heterocycles. The van der Waals surface area contributed by atoms with Crippen molar-refractivity contribution in [3.8, 4) is 0 Å². The molecule has 2 saturated heterocycles. The zero-order valence-corrected chi connectivity index (χ0v) is 20.6. The summed E-state index contributed by atoms with van der Waals surface area (Å²) in [6, 6.07) is 4.05. The quantitative estimate of drug-likeness (QED) is 0.556. The number of nitrogens with one attached hydrogen (secondary N) is 1. The van der Waals surface area contributed by atoms with Crippen LogP contribution in [0.1, 0.15) is 18.9 Å². The number of ether oxygens (including phenoxy) is 1. The lowest BCUT2D eigenvalue weighted by Crippen LogP contribution is -2.51. The maximum atomic E-state index is 15.1. The molecule has 1 aromatic carbocycles. The number of morpholine rings is 1. The van der Waals surface area contributed by atoms with Crippen LogP contribution in [0.4, 0.5) is 31.7 Å². The van der Waals surface area contributed by atoms with Gasteiger partial charge in [0.25, 0.3) is 0 Å². The molecular weight excluding hydrogens is 466 g/mol. The summed E-state index contributed by atoms with van der Waals surface area (Å²) in [5.74, 6) is -0.840. The van der Waals surface area contributed by atoms with Crippen LogP contribution in [-0.4, -0.2) is 73.3 Å². The third-order valence-corrected chi connectivity index (χ3v) is 6.70. The normalized spacial score (nSPS) is 16.7. The van der Waals surface area contributed by atoms with Crippen molar-refractivity contribution in [2.75, 3.05) is 67.6 Å². The van der Waals surface area contributed by atoms with Crippen molar-refractivity contribution in [1.82, 2.24) is 14.9 Å². The number of hydrogen-bond acceptors (Lipinski definition) is 7. The van der Waals surface area contributed by atoms with Gasteiger partial charge in [0.05, 0.1) is 60.1 Å². The minimum atomic E-state index is -0.701. The summed E-state index contributed by atoms with van der Waals surface area (Å²) in [6.07, 6.45) is 4.35. The van der Waals surface area contributed by atoms with Gasteiger partial charge in [-0.2, -0.15) is 0 Å². The number of rotatable bonds is 6. The number of piperazine rings is 1. The molecular formula is C26H30F2N6O2. The minimum absolute atomic E-state index is 0.0201. The van der Waals surface area contributed by atoms with Gasteiger partial charge >= 0.3 is 0 Å². The number of carbonyl (C=O) groups is 1. The van der Waals surface area contributed by atoms with Gasteiger partial charge in [0.2, 0.25) is 5.91 Å². The molecule has 2 aliphatic heterocycles. The molecule has 0 atom stereocenters. The monoisotopic (exact) mass is 496 g/mol. The van der Waals surface area contributed by atoms with Crippen LogP contribution in [0, 0.1) is 18.6 Å². The summed E-state index contributed by atoms with van der Waals surface area (Å²) >= 11 is 0. The number of fused-ring (bicyclic) bond motifs is 1. The molecule has 0 aliphatic carbocycles. The lowest BCUT2D eigenvalue weighted by Gasteiger charge is -2.36. The predicted molar refractivity (Wildman–Crippen MR) is 136 cm³/mol. The van der Waals surface area contributed by atoms with Crippen molar-refractivity contribution >= 4 is 39.7 Å². The predicted octanol–water partition coefficient (Wildman–Crippen LogP) is 3.86. The Morgan fingerprint density at radius 2 is 1.86 bits per heavy atom. The highest BCUT2D eigenvalue weighted by atomic mass is 19.1. The Bertz CT molecular complexity index is 1280. The van der Waals surface area contributed by atoms with E-state index in [0.29, 0.717) is 55.6 Å². The number of nitrogens with zero attached hydrogens (tertiary/aromatic N) is 5. The fourth-order valence-electron chi connectivity index (χ4n) is 4.89. The van der Waals surface area contributed by atoms with Gasteiger partial charge in [-0.25, -0.2) is 13.8 Å². The fourth-order valence-corrected chi connectivity index (χ4v) is 4.89. The highest BCUT2D eigenvalue weighted by Crippen LogP contribution is 2.37. The van der Waals surface area contributed by atoms with E-state index >= 15 is 4.39 Å². The number of halogens is 2. The van der Waals surface area contributed by atoms with E-state index in [1.54, 1.807) is 12.4 Å². The Morgan fingerprint density at radius 1 is 1.06 bits per heavy atom. The third kappa shape index (κ3) is 4.77. The van der Waals surface area contributed by atoms with Gasteiger partial charge in [-0.1, -0.05) is 6.92 Å². The van der Waals surface area contributed by atoms with Crippen LogP contribution >= 0.6 is 0 Å². The highest BCUT2D eigenvalue weighted by Gasteiger charge is 2.27. The van der Waals surface area contributed by atoms with Crippen molar-refractivity contribution in [1.29, 1.82) is 0 Å². The molecule has 1 N–H and O–H groups in total. The average Bonchev–Trinajstić information content (AvgIpc) is 2.87. The molecule has 0 spiro atoms. The van der Waals surface area contributed by atoms with E-state index in [0.717, 1.165) is 31.3 Å². The van der Waals surface area contributed by atoms with Crippen molar-refractivity contribution in [2.24, 2.45) is 0 Å². The number of benzene rings is 1. The van der Waals surface area contributed by atoms with E-state index < -0.39 is 11.6 Å². The molecule has 0 unspecified atom stereocenters. The molecule has 36 heavy (non-hydrogen) atoms. The molecule has 0 bridgehead atoms. The molecule has 2 fully saturated rings. The van der Waals surface area contributed by atoms with Crippen LogP contribution in [0.3, 0.4) is 0 Å². The largest absolute Gasteiger partial charge is 0.378 e. The topological polar surface area (TPSA) is 73.8 Å². The Morgan fingerprint density at radius 3 is 2.61 bits per heavy atom. The lowest BCUT2D eigenvalue weighted by atomic mass is 10.1. The number of anilines is 4. The number of amides is 1. The molecule has 2 aromatic heterocycles. The number of hydrogen-bond donors (Lipinski definition) is 1. The lowest BCUT2D eigenvalue weighted by molar-refractivity contribution is -0.131. The first kappa shape index (κ1) is 24.2. The molecule has 0 radical (unpaired) electrons. The van der Waals surface area contributed by atoms with Gasteiger partial charge in [-0.3, -0.25) is 9.78 Å². The van der Waals surface area contributed by atoms with Crippen LogP contribution in [0.25, 0.3) is 10.9 Å². The Labute approximate surface area is 208 Å². The molecule has 5 rings (SSSR count). The first-order chi connectivity index (χ1) is 17.4. The summed E-state index contributed by atoms with van der Waals surface area (Å²) in [5, 5.41) is 3.53. The van der Waals surface area contributed by atoms with Crippen LogP contribution in [0.15, 0.2) is 30.6 Å². The maximum Gasteiger partial charge on any atom is 0.242 e. The second kappa shape index (κ2) is 10.2. The van der Waals surface area contributed by atoms with Crippen molar-refractivity contribution in [3.63, 3.8) is 0 Å². The SMILES string of the molecule is CCCN1CCN(c2nc3cc(F)cc(F)c3c(Nc3cncc(N4CCOCC4)c3)c2C)CC1=O. The van der Waals surface area contributed by atoms with Gasteiger partial charge in [0, 0.05) is 50.4 Å². The van der Waals surface area contributed by atoms with E-state index in [2.05, 4.69) is 20.2 Å². The van der Waals surface area contributed by atoms with E-state index in [9.17, 15) is 9.18 Å². The van der Waals surface area contributed by atoms with Gasteiger partial charge in [0.1, 0.15) is 17.5 Å². The molecule has 1 amide bonds. The standard InChI is InChI=1S/C26H30F2N6O2/c1-3-4-33-5-6-34(16-23(33)35)26-17(2)25(24-21(28)11-18(27)12-22(24)31-26)30-19-13-20(15-29-14-19)32-7-9-36-10-8-32/h11-15H,3-10,16H2,1-2H3,(H,30,31). The zero-order chi connectivity index (χ0) is 25.2. The second-order valence-corrected chi connectivity index (χ2v) is 9.18. The number of carbonyl (C=O) groups excluding carboxylic acids is 1. The smallest absolute Gasteiger partial charge is 0.242 e. The maximum absolute atomic E-state index is 15.1. The molecule has 8 nitrogen and oxygen atoms in total. The third-order valence-electron chi connectivity index (χ3n) is 6.70. The highest BCUT2D eigenvalue weighted by molar-refractivity contribution is 5.98. The second-order valence-electron chi connectivity index (χ2n) is 9.18. The Balaban J connectivity index is 1.54. The van der Waals surface area contributed by atoms with E-state index in [-0.39, 0.29) is 23.4 Å². The Hall–Kier alpha value is -3.53. The summed E-state index contributed by atoms with van der Waals surface area (Å²) in [5.41, 5.74) is 2.96. The molecule has 0 saturated carbocycles. The number of aromatic nitrogens is 2. The van der Waals surface area contributed by atoms with Crippen LogP contribution < -0.4 is 15.1 Å². The van der Waals surface area contributed by atoms with Gasteiger partial charge in [-0.15, -0.1) is 0 Å². The summed E-state index contributed by atoms with van der Waals surface area (Å²) in [7, 11) is 0. The molecule has 3 aromatic rings. The van der Waals surface area contributed by atoms with Crippen molar-refractivity contribution in [3.05, 3.63) is 47.8 Å². The zero-order valence-electron chi connectivity index (χ0n) is 20.6. The first-order valence-corrected chi connectivity index (χ1v) is 12.3. The average molecular weight is 497 g/mol. The molecule has 2 aliphatic rings. The summed E-state index contributed by atoms with van der Waals surface area (Å²) < 4.78 is 34.7. The number of pyridine rings is 2. The van der Waals surface area contributed by atoms with Crippen LogP contribution in [0.2, 0.25) is 0 Å². The van der Waals surface area contributed by atoms with Crippen LogP contribution in [0.5, 0.6) is 0 Å². The van der Waals surface area contributed by atoms with E-state index in [4.69, 9.17) is 4.74 Å². The van der Waals surface area contributed by atoms with Crippen molar-refractivity contribution < 1.29 is 18.3 Å². The van der Waals surface area contributed by atoms with Gasteiger partial charge in [-0.05, 0) is 19.4 Å². The van der Waals surface area contributed by atoms with E-state index in [1.165, 1.54) is 6.07 Å². The van der Waals surface area contributed by atoms with Crippen LogP contribution in [-0.2, 0) is 9.53 Å². The fraction of sp³-hybridized carbons (Fsp3) is 0.423. The first-order valence-electron chi connectivity index (χ1n) is 12.3.